The number of rotatable bonds is 6. The molecule has 1 aromatic heterocycles. The predicted molar refractivity (Wildman–Crippen MR) is 156 cm³/mol. The van der Waals surface area contributed by atoms with E-state index in [0.717, 1.165) is 69.5 Å². The summed E-state index contributed by atoms with van der Waals surface area (Å²) >= 11 is 0. The third-order valence-corrected chi connectivity index (χ3v) is 9.17. The van der Waals surface area contributed by atoms with Gasteiger partial charge in [-0.1, -0.05) is 19.3 Å². The van der Waals surface area contributed by atoms with Gasteiger partial charge >= 0.3 is 5.92 Å². The molecule has 224 valence electrons. The molecular formula is C30H37F2N7O3. The number of amides is 2. The van der Waals surface area contributed by atoms with Crippen molar-refractivity contribution in [1.82, 2.24) is 14.9 Å². The van der Waals surface area contributed by atoms with Crippen LogP contribution in [0.1, 0.15) is 55.3 Å². The SMILES string of the molecule is COc1cc(C(=O)N=CC2CN3CCC2CC3)ccc1Nc1ncc2c(n1)N(C1CCCCC1)CC(F)(F)C(=O)N2C. The van der Waals surface area contributed by atoms with E-state index in [9.17, 15) is 18.4 Å². The van der Waals surface area contributed by atoms with Crippen molar-refractivity contribution in [2.45, 2.75) is 56.9 Å². The lowest BCUT2D eigenvalue weighted by Crippen LogP contribution is -2.49. The summed E-state index contributed by atoms with van der Waals surface area (Å²) in [4.78, 5) is 43.7. The summed E-state index contributed by atoms with van der Waals surface area (Å²) < 4.78 is 35.5. The fraction of sp³-hybridized carbons (Fsp3) is 0.567. The molecule has 1 N–H and O–H groups in total. The molecule has 12 heteroatoms. The number of alkyl halides is 2. The Hall–Kier alpha value is -3.67. The average Bonchev–Trinajstić information content (AvgIpc) is 3.09. The smallest absolute Gasteiger partial charge is 0.342 e. The average molecular weight is 582 g/mol. The molecule has 1 aliphatic carbocycles. The quantitative estimate of drug-likeness (QED) is 0.497. The Bertz CT molecular complexity index is 1370. The van der Waals surface area contributed by atoms with Crippen LogP contribution in [0.3, 0.4) is 0 Å². The number of nitrogens with one attached hydrogen (secondary N) is 1. The number of hydrogen-bond acceptors (Lipinski definition) is 8. The van der Waals surface area contributed by atoms with Gasteiger partial charge in [0.25, 0.3) is 11.8 Å². The Morgan fingerprint density at radius 3 is 2.62 bits per heavy atom. The first kappa shape index (κ1) is 28.4. The molecule has 0 radical (unpaired) electrons. The highest BCUT2D eigenvalue weighted by atomic mass is 19.3. The number of halogens is 2. The molecule has 1 aromatic carbocycles. The van der Waals surface area contributed by atoms with E-state index in [-0.39, 0.29) is 23.6 Å². The third kappa shape index (κ3) is 5.56. The van der Waals surface area contributed by atoms with E-state index in [1.807, 2.05) is 6.21 Å². The van der Waals surface area contributed by atoms with E-state index in [0.29, 0.717) is 34.7 Å². The van der Waals surface area contributed by atoms with Crippen LogP contribution in [-0.2, 0) is 4.79 Å². The molecule has 2 aromatic rings. The van der Waals surface area contributed by atoms with Gasteiger partial charge in [-0.2, -0.15) is 13.8 Å². The van der Waals surface area contributed by atoms with Crippen LogP contribution in [0.25, 0.3) is 0 Å². The largest absolute Gasteiger partial charge is 0.495 e. The normalized spacial score (nSPS) is 25.8. The maximum atomic E-state index is 15.0. The predicted octanol–water partition coefficient (Wildman–Crippen LogP) is 4.53. The molecular weight excluding hydrogens is 544 g/mol. The molecule has 42 heavy (non-hydrogen) atoms. The van der Waals surface area contributed by atoms with Crippen molar-refractivity contribution in [2.75, 3.05) is 55.5 Å². The Balaban J connectivity index is 1.24. The topological polar surface area (TPSA) is 103 Å². The zero-order chi connectivity index (χ0) is 29.4. The zero-order valence-corrected chi connectivity index (χ0v) is 24.1. The second-order valence-electron chi connectivity index (χ2n) is 11.8. The summed E-state index contributed by atoms with van der Waals surface area (Å²) in [5.74, 6) is -3.43. The molecule has 10 nitrogen and oxygen atoms in total. The van der Waals surface area contributed by atoms with E-state index < -0.39 is 18.4 Å². The van der Waals surface area contributed by atoms with Gasteiger partial charge in [-0.25, -0.2) is 9.98 Å². The number of ether oxygens (including phenoxy) is 1. The highest BCUT2D eigenvalue weighted by molar-refractivity contribution is 6.02. The lowest BCUT2D eigenvalue weighted by molar-refractivity contribution is -0.140. The Labute approximate surface area is 244 Å². The molecule has 1 saturated carbocycles. The van der Waals surface area contributed by atoms with E-state index >= 15 is 0 Å². The molecule has 4 aliphatic heterocycles. The second kappa shape index (κ2) is 11.5. The number of carbonyl (C=O) groups excluding carboxylic acids is 2. The molecule has 4 fully saturated rings. The van der Waals surface area contributed by atoms with Gasteiger partial charge in [-0.3, -0.25) is 9.59 Å². The van der Waals surface area contributed by atoms with E-state index in [2.05, 4.69) is 25.2 Å². The number of aromatic nitrogens is 2. The summed E-state index contributed by atoms with van der Waals surface area (Å²) in [6, 6.07) is 4.81. The lowest BCUT2D eigenvalue weighted by atomic mass is 9.80. The third-order valence-electron chi connectivity index (χ3n) is 9.17. The highest BCUT2D eigenvalue weighted by Crippen LogP contribution is 2.40. The number of methoxy groups -OCH3 is 1. The van der Waals surface area contributed by atoms with Gasteiger partial charge in [-0.15, -0.1) is 0 Å². The van der Waals surface area contributed by atoms with Crippen molar-refractivity contribution >= 4 is 41.2 Å². The highest BCUT2D eigenvalue weighted by Gasteiger charge is 2.48. The first-order chi connectivity index (χ1) is 20.2. The van der Waals surface area contributed by atoms with Gasteiger partial charge in [0.2, 0.25) is 5.95 Å². The Morgan fingerprint density at radius 2 is 1.93 bits per heavy atom. The summed E-state index contributed by atoms with van der Waals surface area (Å²) in [5, 5.41) is 3.11. The van der Waals surface area contributed by atoms with Gasteiger partial charge in [0.1, 0.15) is 11.4 Å². The summed E-state index contributed by atoms with van der Waals surface area (Å²) in [7, 11) is 2.82. The van der Waals surface area contributed by atoms with Gasteiger partial charge < -0.3 is 24.8 Å². The van der Waals surface area contributed by atoms with Crippen LogP contribution >= 0.6 is 0 Å². The van der Waals surface area contributed by atoms with Crippen molar-refractivity contribution in [3.05, 3.63) is 30.0 Å². The minimum absolute atomic E-state index is 0.146. The van der Waals surface area contributed by atoms with Crippen molar-refractivity contribution < 1.29 is 23.1 Å². The molecule has 5 heterocycles. The number of carbonyl (C=O) groups is 2. The number of hydrogen-bond donors (Lipinski definition) is 1. The van der Waals surface area contributed by atoms with Crippen LogP contribution in [0, 0.1) is 11.8 Å². The number of anilines is 4. The van der Waals surface area contributed by atoms with E-state index in [4.69, 9.17) is 4.74 Å². The van der Waals surface area contributed by atoms with E-state index in [1.54, 1.807) is 23.1 Å². The Kier molecular flexibility index (Phi) is 7.82. The van der Waals surface area contributed by atoms with Gasteiger partial charge in [-0.05, 0) is 62.9 Å². The fourth-order valence-corrected chi connectivity index (χ4v) is 6.75. The molecule has 2 bridgehead atoms. The first-order valence-corrected chi connectivity index (χ1v) is 14.8. The fourth-order valence-electron chi connectivity index (χ4n) is 6.75. The number of nitrogens with zero attached hydrogens (tertiary/aromatic N) is 6. The maximum Gasteiger partial charge on any atom is 0.342 e. The van der Waals surface area contributed by atoms with Crippen molar-refractivity contribution in [2.24, 2.45) is 16.8 Å². The molecule has 5 aliphatic rings. The van der Waals surface area contributed by atoms with Crippen molar-refractivity contribution in [3.8, 4) is 5.75 Å². The minimum Gasteiger partial charge on any atom is -0.495 e. The van der Waals surface area contributed by atoms with Crippen molar-refractivity contribution in [1.29, 1.82) is 0 Å². The van der Waals surface area contributed by atoms with E-state index in [1.165, 1.54) is 20.4 Å². The van der Waals surface area contributed by atoms with Crippen LogP contribution in [-0.4, -0.2) is 85.2 Å². The molecule has 1 atom stereocenters. The minimum atomic E-state index is -3.55. The Morgan fingerprint density at radius 1 is 1.17 bits per heavy atom. The molecule has 0 spiro atoms. The number of benzene rings is 1. The molecule has 1 unspecified atom stereocenters. The maximum absolute atomic E-state index is 15.0. The molecule has 3 saturated heterocycles. The van der Waals surface area contributed by atoms with Crippen LogP contribution in [0.2, 0.25) is 0 Å². The van der Waals surface area contributed by atoms with Crippen LogP contribution in [0.5, 0.6) is 5.75 Å². The van der Waals surface area contributed by atoms with Gasteiger partial charge in [0.05, 0.1) is 25.5 Å². The molecule has 2 amide bonds. The summed E-state index contributed by atoms with van der Waals surface area (Å²) in [6.07, 6.45) is 9.96. The van der Waals surface area contributed by atoms with Crippen LogP contribution in [0.4, 0.5) is 31.9 Å². The second-order valence-corrected chi connectivity index (χ2v) is 11.8. The lowest BCUT2D eigenvalue weighted by Gasteiger charge is -2.43. The standard InChI is InChI=1S/C30H37F2N7O3/c1-37-24-16-34-29(36-26(24)39(18-30(31,32)28(37)41)22-6-4-3-5-7-22)35-23-9-8-20(14-25(23)42-2)27(40)33-15-21-17-38-12-10-19(21)11-13-38/h8-9,14-16,19,21-22H,3-7,10-13,17-18H2,1-2H3,(H,34,35,36). The summed E-state index contributed by atoms with van der Waals surface area (Å²) in [5.41, 5.74) is 1.13. The van der Waals surface area contributed by atoms with Crippen molar-refractivity contribution in [3.63, 3.8) is 0 Å². The van der Waals surface area contributed by atoms with Gasteiger partial charge in [0.15, 0.2) is 5.82 Å². The molecule has 7 rings (SSSR count). The number of piperidine rings is 3. The van der Waals surface area contributed by atoms with Crippen LogP contribution < -0.4 is 19.9 Å². The number of aliphatic imine (C=N–C) groups is 1. The number of fused-ring (bicyclic) bond motifs is 4. The van der Waals surface area contributed by atoms with Crippen LogP contribution in [0.15, 0.2) is 29.4 Å². The van der Waals surface area contributed by atoms with Gasteiger partial charge in [0, 0.05) is 37.3 Å². The summed E-state index contributed by atoms with van der Waals surface area (Å²) in [6.45, 7) is 2.48. The first-order valence-electron chi connectivity index (χ1n) is 14.8. The zero-order valence-electron chi connectivity index (χ0n) is 24.1. The monoisotopic (exact) mass is 581 g/mol.